The van der Waals surface area contributed by atoms with Crippen molar-refractivity contribution in [2.24, 2.45) is 0 Å². The minimum absolute atomic E-state index is 0.0129. The molecule has 0 bridgehead atoms. The number of aliphatic carboxylic acids is 1. The van der Waals surface area contributed by atoms with Gasteiger partial charge in [-0.1, -0.05) is 60.7 Å². The second-order valence-electron chi connectivity index (χ2n) is 6.74. The maximum Gasteiger partial charge on any atom is 0.409 e. The van der Waals surface area contributed by atoms with E-state index in [1.165, 1.54) is 14.2 Å². The minimum Gasteiger partial charge on any atom is -0.478 e. The van der Waals surface area contributed by atoms with E-state index in [0.29, 0.717) is 0 Å². The Morgan fingerprint density at radius 3 is 1.46 bits per heavy atom. The summed E-state index contributed by atoms with van der Waals surface area (Å²) in [6, 6.07) is 18.1. The number of methoxy groups -OCH3 is 2. The van der Waals surface area contributed by atoms with Crippen molar-refractivity contribution in [2.75, 3.05) is 21.3 Å². The number of nitrogens with one attached hydrogen (secondary N) is 2. The van der Waals surface area contributed by atoms with Gasteiger partial charge in [0.05, 0.1) is 7.11 Å². The van der Waals surface area contributed by atoms with Crippen molar-refractivity contribution >= 4 is 34.5 Å². The van der Waals surface area contributed by atoms with Crippen LogP contribution in [-0.4, -0.2) is 90.8 Å². The predicted octanol–water partition coefficient (Wildman–Crippen LogP) is 0.330. The molecule has 2 unspecified atom stereocenters. The molecule has 18 heteroatoms. The third kappa shape index (κ3) is 23.3. The van der Waals surface area contributed by atoms with Crippen molar-refractivity contribution < 1.29 is 71.0 Å². The number of carbonyl (C=O) groups is 4. The predicted molar refractivity (Wildman–Crippen MR) is 138 cm³/mol. The molecular weight excluding hydrogens is 576 g/mol. The summed E-state index contributed by atoms with van der Waals surface area (Å²) in [6.45, 7) is 0.128. The molecule has 230 valence electrons. The normalized spacial score (nSPS) is 11.1. The number of amides is 2. The highest BCUT2D eigenvalue weighted by Crippen LogP contribution is 2.02. The zero-order valence-corrected chi connectivity index (χ0v) is 22.9. The Hall–Kier alpha value is -4.33. The van der Waals surface area contributed by atoms with Crippen LogP contribution in [-0.2, 0) is 52.1 Å². The van der Waals surface area contributed by atoms with Crippen LogP contribution in [0.2, 0.25) is 0 Å². The van der Waals surface area contributed by atoms with Gasteiger partial charge in [-0.3, -0.25) is 19.7 Å². The van der Waals surface area contributed by atoms with Crippen LogP contribution in [0.5, 0.6) is 0 Å². The first kappa shape index (κ1) is 38.8. The fourth-order valence-electron chi connectivity index (χ4n) is 2.13. The molecule has 0 fully saturated rings. The lowest BCUT2D eigenvalue weighted by Gasteiger charge is -2.14. The number of rotatable bonds is 9. The SMILES string of the molecule is CO.COC(=O)C(NC(=O)OCc1ccccc1)OC.O=C(NC(O)C(=O)O)OCc1ccccc1.O=S(=O)(O)O. The molecule has 0 spiro atoms. The zero-order chi connectivity index (χ0) is 31.8. The van der Waals surface area contributed by atoms with Crippen LogP contribution < -0.4 is 10.6 Å². The summed E-state index contributed by atoms with van der Waals surface area (Å²) in [4.78, 5) is 43.7. The lowest BCUT2D eigenvalue weighted by atomic mass is 10.2. The summed E-state index contributed by atoms with van der Waals surface area (Å²) in [5.74, 6) is -2.24. The molecule has 2 amide bonds. The number of hydrogen-bond donors (Lipinski definition) is 7. The molecule has 2 aromatic rings. The van der Waals surface area contributed by atoms with Gasteiger partial charge in [0.1, 0.15) is 13.2 Å². The van der Waals surface area contributed by atoms with Gasteiger partial charge in [0.15, 0.2) is 0 Å². The highest BCUT2D eigenvalue weighted by atomic mass is 32.3. The third-order valence-corrected chi connectivity index (χ3v) is 3.81. The number of hydrogen-bond acceptors (Lipinski definition) is 12. The lowest BCUT2D eigenvalue weighted by Crippen LogP contribution is -2.42. The molecular formula is C23H32N2O15S. The Kier molecular flexibility index (Phi) is 21.3. The van der Waals surface area contributed by atoms with Gasteiger partial charge in [-0.25, -0.2) is 19.2 Å². The summed E-state index contributed by atoms with van der Waals surface area (Å²) in [5.41, 5.74) is 1.61. The van der Waals surface area contributed by atoms with E-state index in [1.807, 2.05) is 36.4 Å². The first-order valence-corrected chi connectivity index (χ1v) is 12.3. The van der Waals surface area contributed by atoms with Crippen LogP contribution in [0.25, 0.3) is 0 Å². The molecule has 0 aliphatic carbocycles. The molecule has 0 aromatic heterocycles. The summed E-state index contributed by atoms with van der Waals surface area (Å²) in [5, 5.41) is 28.1. The van der Waals surface area contributed by atoms with Crippen LogP contribution in [0.15, 0.2) is 60.7 Å². The summed E-state index contributed by atoms with van der Waals surface area (Å²) in [6.07, 6.45) is -4.86. The average Bonchev–Trinajstić information content (AvgIpc) is 2.95. The molecule has 2 aromatic carbocycles. The number of ether oxygens (including phenoxy) is 4. The van der Waals surface area contributed by atoms with Gasteiger partial charge in [-0.05, 0) is 11.1 Å². The van der Waals surface area contributed by atoms with Gasteiger partial charge < -0.3 is 34.3 Å². The van der Waals surface area contributed by atoms with Gasteiger partial charge in [0, 0.05) is 14.2 Å². The van der Waals surface area contributed by atoms with E-state index >= 15 is 0 Å². The van der Waals surface area contributed by atoms with Crippen molar-refractivity contribution in [3.05, 3.63) is 71.8 Å². The largest absolute Gasteiger partial charge is 0.478 e. The number of carboxylic acid groups (broad SMARTS) is 1. The van der Waals surface area contributed by atoms with Crippen molar-refractivity contribution in [1.82, 2.24) is 10.6 Å². The standard InChI is InChI=1S/C12H15NO5.C10H11NO5.CH4O.H2O4S/c1-16-10(11(14)17-2)13-12(15)18-8-9-6-4-3-5-7-9;12-8(9(13)14)11-10(15)16-6-7-4-2-1-3-5-7;1-2;1-5(2,3)4/h3-7,10H,8H2,1-2H3,(H,13,15);1-5,8,12H,6H2,(H,11,15)(H,13,14);2H,1H3;(H2,1,2,3,4). The lowest BCUT2D eigenvalue weighted by molar-refractivity contribution is -0.154. The Balaban J connectivity index is 0. The quantitative estimate of drug-likeness (QED) is 0.0875. The van der Waals surface area contributed by atoms with Crippen LogP contribution in [0.1, 0.15) is 11.1 Å². The van der Waals surface area contributed by atoms with E-state index in [0.717, 1.165) is 18.2 Å². The number of carboxylic acids is 1. The first-order valence-electron chi connectivity index (χ1n) is 10.9. The minimum atomic E-state index is -4.67. The van der Waals surface area contributed by atoms with Crippen LogP contribution in [0.3, 0.4) is 0 Å². The van der Waals surface area contributed by atoms with Gasteiger partial charge >= 0.3 is 34.5 Å². The second kappa shape index (κ2) is 22.5. The number of benzene rings is 2. The Labute approximate surface area is 235 Å². The zero-order valence-electron chi connectivity index (χ0n) is 22.1. The molecule has 2 atom stereocenters. The summed E-state index contributed by atoms with van der Waals surface area (Å²) >= 11 is 0. The average molecular weight is 609 g/mol. The summed E-state index contributed by atoms with van der Waals surface area (Å²) < 4.78 is 50.3. The Morgan fingerprint density at radius 1 is 0.780 bits per heavy atom. The highest BCUT2D eigenvalue weighted by molar-refractivity contribution is 7.79. The topological polar surface area (TPSA) is 265 Å². The van der Waals surface area contributed by atoms with Gasteiger partial charge in [-0.15, -0.1) is 0 Å². The molecule has 0 aliphatic heterocycles. The van der Waals surface area contributed by atoms with E-state index in [9.17, 15) is 19.2 Å². The van der Waals surface area contributed by atoms with E-state index in [2.05, 4.69) is 14.8 Å². The molecule has 0 aliphatic rings. The summed E-state index contributed by atoms with van der Waals surface area (Å²) in [7, 11) is -1.19. The number of aliphatic hydroxyl groups is 2. The molecule has 0 radical (unpaired) electrons. The maximum atomic E-state index is 11.4. The maximum absolute atomic E-state index is 11.4. The van der Waals surface area contributed by atoms with Crippen molar-refractivity contribution in [3.8, 4) is 0 Å². The number of alkyl carbamates (subject to hydrolysis) is 2. The highest BCUT2D eigenvalue weighted by Gasteiger charge is 2.21. The van der Waals surface area contributed by atoms with Crippen LogP contribution >= 0.6 is 0 Å². The molecule has 7 N–H and O–H groups in total. The van der Waals surface area contributed by atoms with E-state index in [1.54, 1.807) is 29.6 Å². The van der Waals surface area contributed by atoms with Crippen molar-refractivity contribution in [3.63, 3.8) is 0 Å². The first-order chi connectivity index (χ1) is 19.3. The van der Waals surface area contributed by atoms with Crippen molar-refractivity contribution in [1.29, 1.82) is 0 Å². The van der Waals surface area contributed by atoms with Crippen molar-refractivity contribution in [2.45, 2.75) is 25.7 Å². The molecule has 0 heterocycles. The van der Waals surface area contributed by atoms with E-state index < -0.39 is 47.0 Å². The molecule has 0 saturated heterocycles. The fraction of sp³-hybridized carbons (Fsp3) is 0.304. The number of esters is 1. The second-order valence-corrected chi connectivity index (χ2v) is 7.64. The number of carbonyl (C=O) groups excluding carboxylic acids is 3. The van der Waals surface area contributed by atoms with Crippen LogP contribution in [0.4, 0.5) is 9.59 Å². The molecule has 17 nitrogen and oxygen atoms in total. The van der Waals surface area contributed by atoms with Gasteiger partial charge in [-0.2, -0.15) is 8.42 Å². The van der Waals surface area contributed by atoms with Crippen LogP contribution in [0, 0.1) is 0 Å². The monoisotopic (exact) mass is 608 g/mol. The fourth-order valence-corrected chi connectivity index (χ4v) is 2.13. The van der Waals surface area contributed by atoms with Gasteiger partial charge in [0.2, 0.25) is 12.5 Å². The Morgan fingerprint density at radius 2 is 1.15 bits per heavy atom. The van der Waals surface area contributed by atoms with E-state index in [-0.39, 0.29) is 13.2 Å². The molecule has 2 rings (SSSR count). The molecule has 41 heavy (non-hydrogen) atoms. The third-order valence-electron chi connectivity index (χ3n) is 3.81. The van der Waals surface area contributed by atoms with Gasteiger partial charge in [0.25, 0.3) is 0 Å². The Bertz CT molecular complexity index is 1120. The number of aliphatic hydroxyl groups excluding tert-OH is 2. The van der Waals surface area contributed by atoms with E-state index in [4.69, 9.17) is 42.3 Å². The smallest absolute Gasteiger partial charge is 0.409 e. The molecule has 0 saturated carbocycles.